The van der Waals surface area contributed by atoms with Gasteiger partial charge in [-0.25, -0.2) is 0 Å². The van der Waals surface area contributed by atoms with Gasteiger partial charge in [-0.05, 0) is 64.5 Å². The lowest BCUT2D eigenvalue weighted by Gasteiger charge is -2.55. The standard InChI is InChI=1S/C22H33N3S/c1-5-15-24-17-25(21(2,3)4)16-22(20(24)26,18-11-7-6-8-12-18)19-13-9-10-14-23-19/h6-7,9-10,13-14,18H,5,8,11-12,15-17H2,1-4H3. The van der Waals surface area contributed by atoms with Gasteiger partial charge in [0.15, 0.2) is 0 Å². The van der Waals surface area contributed by atoms with Gasteiger partial charge in [-0.1, -0.05) is 37.4 Å². The zero-order valence-electron chi connectivity index (χ0n) is 16.7. The summed E-state index contributed by atoms with van der Waals surface area (Å²) in [5.74, 6) is 0.513. The monoisotopic (exact) mass is 371 g/mol. The topological polar surface area (TPSA) is 19.4 Å². The van der Waals surface area contributed by atoms with E-state index in [1.165, 1.54) is 6.42 Å². The van der Waals surface area contributed by atoms with Gasteiger partial charge in [0.05, 0.1) is 22.8 Å². The van der Waals surface area contributed by atoms with Gasteiger partial charge in [0.1, 0.15) is 0 Å². The van der Waals surface area contributed by atoms with Crippen LogP contribution in [0, 0.1) is 5.92 Å². The second-order valence-corrected chi connectivity index (χ2v) is 9.13. The summed E-state index contributed by atoms with van der Waals surface area (Å²) in [6.45, 7) is 12.1. The summed E-state index contributed by atoms with van der Waals surface area (Å²) in [6.07, 6.45) is 11.1. The van der Waals surface area contributed by atoms with Crippen LogP contribution in [0.4, 0.5) is 0 Å². The number of rotatable bonds is 4. The van der Waals surface area contributed by atoms with Gasteiger partial charge in [0, 0.05) is 24.8 Å². The molecule has 2 atom stereocenters. The Morgan fingerprint density at radius 2 is 2.08 bits per heavy atom. The van der Waals surface area contributed by atoms with Gasteiger partial charge in [0.2, 0.25) is 0 Å². The SMILES string of the molecule is CCCN1CN(C(C)(C)C)CC(c2ccccn2)(C2CC=CCC2)C1=S. The second kappa shape index (κ2) is 7.77. The van der Waals surface area contributed by atoms with Crippen LogP contribution in [0.2, 0.25) is 0 Å². The maximum absolute atomic E-state index is 6.20. The van der Waals surface area contributed by atoms with Crippen molar-refractivity contribution in [1.29, 1.82) is 0 Å². The molecule has 1 aromatic heterocycles. The van der Waals surface area contributed by atoms with E-state index >= 15 is 0 Å². The Labute approximate surface area is 164 Å². The Kier molecular flexibility index (Phi) is 5.83. The molecule has 3 rings (SSSR count). The molecule has 26 heavy (non-hydrogen) atoms. The third-order valence-electron chi connectivity index (χ3n) is 5.98. The van der Waals surface area contributed by atoms with Gasteiger partial charge in [0.25, 0.3) is 0 Å². The highest BCUT2D eigenvalue weighted by molar-refractivity contribution is 7.80. The normalized spacial score (nSPS) is 27.8. The molecule has 3 nitrogen and oxygen atoms in total. The van der Waals surface area contributed by atoms with E-state index < -0.39 is 0 Å². The van der Waals surface area contributed by atoms with Gasteiger partial charge < -0.3 is 4.90 Å². The quantitative estimate of drug-likeness (QED) is 0.560. The molecule has 1 aromatic rings. The van der Waals surface area contributed by atoms with Crippen molar-refractivity contribution in [3.8, 4) is 0 Å². The number of nitrogens with zero attached hydrogens (tertiary/aromatic N) is 3. The van der Waals surface area contributed by atoms with Gasteiger partial charge >= 0.3 is 0 Å². The van der Waals surface area contributed by atoms with Crippen LogP contribution in [0.1, 0.15) is 59.1 Å². The first-order valence-corrected chi connectivity index (χ1v) is 10.4. The molecular weight excluding hydrogens is 338 g/mol. The lowest BCUT2D eigenvalue weighted by Crippen LogP contribution is -2.67. The number of allylic oxidation sites excluding steroid dienone is 2. The van der Waals surface area contributed by atoms with Crippen LogP contribution in [0.15, 0.2) is 36.5 Å². The first-order valence-electron chi connectivity index (χ1n) is 10.0. The van der Waals surface area contributed by atoms with Crippen LogP contribution >= 0.6 is 12.2 Å². The third-order valence-corrected chi connectivity index (χ3v) is 6.60. The second-order valence-electron chi connectivity index (χ2n) is 8.75. The molecule has 0 radical (unpaired) electrons. The zero-order valence-corrected chi connectivity index (χ0v) is 17.6. The molecule has 4 heteroatoms. The molecule has 0 amide bonds. The van der Waals surface area contributed by atoms with Crippen molar-refractivity contribution >= 4 is 17.2 Å². The average Bonchev–Trinajstić information content (AvgIpc) is 2.64. The fourth-order valence-electron chi connectivity index (χ4n) is 4.43. The van der Waals surface area contributed by atoms with E-state index in [2.05, 4.69) is 61.8 Å². The number of aromatic nitrogens is 1. The largest absolute Gasteiger partial charge is 0.352 e. The van der Waals surface area contributed by atoms with Crippen molar-refractivity contribution < 1.29 is 0 Å². The van der Waals surface area contributed by atoms with Gasteiger partial charge in [-0.15, -0.1) is 0 Å². The maximum atomic E-state index is 6.20. The highest BCUT2D eigenvalue weighted by atomic mass is 32.1. The van der Waals surface area contributed by atoms with E-state index in [4.69, 9.17) is 17.2 Å². The Morgan fingerprint density at radius 3 is 2.65 bits per heavy atom. The number of hydrogen-bond acceptors (Lipinski definition) is 3. The number of hydrogen-bond donors (Lipinski definition) is 0. The molecule has 0 N–H and O–H groups in total. The summed E-state index contributed by atoms with van der Waals surface area (Å²) >= 11 is 6.20. The molecule has 2 heterocycles. The Morgan fingerprint density at radius 1 is 1.27 bits per heavy atom. The van der Waals surface area contributed by atoms with E-state index in [9.17, 15) is 0 Å². The van der Waals surface area contributed by atoms with Gasteiger partial charge in [-0.2, -0.15) is 0 Å². The zero-order chi connectivity index (χ0) is 18.8. The van der Waals surface area contributed by atoms with Crippen molar-refractivity contribution in [3.05, 3.63) is 42.2 Å². The lowest BCUT2D eigenvalue weighted by molar-refractivity contribution is 0.0286. The van der Waals surface area contributed by atoms with E-state index in [1.807, 2.05) is 12.3 Å². The minimum Gasteiger partial charge on any atom is -0.352 e. The molecule has 142 valence electrons. The molecule has 1 fully saturated rings. The predicted molar refractivity (Wildman–Crippen MR) is 113 cm³/mol. The molecule has 0 saturated carbocycles. The van der Waals surface area contributed by atoms with E-state index in [-0.39, 0.29) is 11.0 Å². The molecular formula is C22H33N3S. The molecule has 0 bridgehead atoms. The predicted octanol–water partition coefficient (Wildman–Crippen LogP) is 4.79. The first-order chi connectivity index (χ1) is 12.4. The fraction of sp³-hybridized carbons (Fsp3) is 0.636. The van der Waals surface area contributed by atoms with Crippen LogP contribution in [-0.2, 0) is 5.41 Å². The van der Waals surface area contributed by atoms with Crippen LogP contribution in [0.5, 0.6) is 0 Å². The minimum atomic E-state index is -0.179. The summed E-state index contributed by atoms with van der Waals surface area (Å²) in [4.78, 5) is 11.0. The summed E-state index contributed by atoms with van der Waals surface area (Å²) < 4.78 is 0. The van der Waals surface area contributed by atoms with Crippen molar-refractivity contribution in [3.63, 3.8) is 0 Å². The third kappa shape index (κ3) is 3.59. The van der Waals surface area contributed by atoms with Crippen LogP contribution in [-0.4, -0.2) is 45.1 Å². The molecule has 0 aromatic carbocycles. The van der Waals surface area contributed by atoms with E-state index in [1.54, 1.807) is 0 Å². The molecule has 0 spiro atoms. The molecule has 1 aliphatic heterocycles. The van der Waals surface area contributed by atoms with Crippen molar-refractivity contribution in [2.75, 3.05) is 19.8 Å². The van der Waals surface area contributed by atoms with Crippen LogP contribution in [0.25, 0.3) is 0 Å². The van der Waals surface area contributed by atoms with Crippen molar-refractivity contribution in [2.24, 2.45) is 5.92 Å². The minimum absolute atomic E-state index is 0.104. The van der Waals surface area contributed by atoms with E-state index in [0.29, 0.717) is 5.92 Å². The van der Waals surface area contributed by atoms with Crippen LogP contribution in [0.3, 0.4) is 0 Å². The molecule has 2 aliphatic rings. The van der Waals surface area contributed by atoms with E-state index in [0.717, 1.165) is 49.7 Å². The average molecular weight is 372 g/mol. The lowest BCUT2D eigenvalue weighted by atomic mass is 9.66. The summed E-state index contributed by atoms with van der Waals surface area (Å²) in [6, 6.07) is 6.32. The van der Waals surface area contributed by atoms with Crippen LogP contribution < -0.4 is 0 Å². The Hall–Kier alpha value is -1.26. The Bertz CT molecular complexity index is 649. The first kappa shape index (κ1) is 19.5. The molecule has 2 unspecified atom stereocenters. The smallest absolute Gasteiger partial charge is 0.0928 e. The van der Waals surface area contributed by atoms with Crippen molar-refractivity contribution in [1.82, 2.24) is 14.8 Å². The fourth-order valence-corrected chi connectivity index (χ4v) is 4.92. The maximum Gasteiger partial charge on any atom is 0.0928 e. The van der Waals surface area contributed by atoms with Crippen molar-refractivity contribution in [2.45, 2.75) is 64.3 Å². The highest BCUT2D eigenvalue weighted by Gasteiger charge is 2.52. The van der Waals surface area contributed by atoms with Gasteiger partial charge in [-0.3, -0.25) is 9.88 Å². The molecule has 1 saturated heterocycles. The number of pyridine rings is 1. The molecule has 1 aliphatic carbocycles. The summed E-state index contributed by atoms with van der Waals surface area (Å²) in [5, 5.41) is 0. The Balaban J connectivity index is 2.12. The highest BCUT2D eigenvalue weighted by Crippen LogP contribution is 2.44. The number of thiocarbonyl (C=S) groups is 1. The summed E-state index contributed by atoms with van der Waals surface area (Å²) in [7, 11) is 0. The summed E-state index contributed by atoms with van der Waals surface area (Å²) in [5.41, 5.74) is 1.08.